The number of methoxy groups -OCH3 is 1. The molecule has 106 valence electrons. The van der Waals surface area contributed by atoms with E-state index in [1.165, 1.54) is 11.1 Å². The highest BCUT2D eigenvalue weighted by Gasteiger charge is 2.31. The molecule has 4 heteroatoms. The monoisotopic (exact) mass is 265 g/mol. The van der Waals surface area contributed by atoms with Crippen LogP contribution in [0.15, 0.2) is 24.3 Å². The Morgan fingerprint density at radius 2 is 2.16 bits per heavy atom. The molecule has 0 saturated heterocycles. The van der Waals surface area contributed by atoms with Gasteiger partial charge in [0, 0.05) is 19.6 Å². The van der Waals surface area contributed by atoms with Crippen LogP contribution in [0.1, 0.15) is 24.1 Å². The van der Waals surface area contributed by atoms with Crippen molar-refractivity contribution in [2.45, 2.75) is 31.5 Å². The number of rotatable bonds is 7. The second kappa shape index (κ2) is 7.01. The fourth-order valence-electron chi connectivity index (χ4n) is 2.53. The summed E-state index contributed by atoms with van der Waals surface area (Å²) in [5.41, 5.74) is 2.44. The number of ether oxygens (including phenoxy) is 2. The Hall–Kier alpha value is -0.940. The number of fused-ring (bicyclic) bond motifs is 1. The van der Waals surface area contributed by atoms with Gasteiger partial charge < -0.3 is 19.9 Å². The van der Waals surface area contributed by atoms with E-state index < -0.39 is 0 Å². The number of hydrogen-bond donors (Lipinski definition) is 2. The van der Waals surface area contributed by atoms with Crippen LogP contribution in [0.25, 0.3) is 0 Å². The Bertz CT molecular complexity index is 397. The van der Waals surface area contributed by atoms with Gasteiger partial charge in [-0.2, -0.15) is 0 Å². The van der Waals surface area contributed by atoms with Crippen LogP contribution >= 0.6 is 0 Å². The molecule has 0 bridgehead atoms. The Morgan fingerprint density at radius 3 is 2.95 bits per heavy atom. The summed E-state index contributed by atoms with van der Waals surface area (Å²) in [4.78, 5) is 0. The molecule has 0 amide bonds. The lowest BCUT2D eigenvalue weighted by Gasteiger charge is -2.23. The molecular formula is C15H23NO3. The maximum atomic E-state index is 10.1. The van der Waals surface area contributed by atoms with E-state index in [1.54, 1.807) is 7.11 Å². The van der Waals surface area contributed by atoms with E-state index in [-0.39, 0.29) is 18.2 Å². The third-order valence-electron chi connectivity index (χ3n) is 3.47. The minimum atomic E-state index is -0.348. The summed E-state index contributed by atoms with van der Waals surface area (Å²) in [7, 11) is 1.66. The van der Waals surface area contributed by atoms with Crippen molar-refractivity contribution in [1.29, 1.82) is 0 Å². The minimum absolute atomic E-state index is 0.0113. The van der Waals surface area contributed by atoms with Crippen LogP contribution in [0.4, 0.5) is 0 Å². The Balaban J connectivity index is 1.85. The van der Waals surface area contributed by atoms with Crippen LogP contribution in [-0.4, -0.2) is 44.2 Å². The van der Waals surface area contributed by atoms with Gasteiger partial charge in [-0.3, -0.25) is 0 Å². The molecule has 0 aromatic heterocycles. The molecule has 0 radical (unpaired) electrons. The summed E-state index contributed by atoms with van der Waals surface area (Å²) in [6.07, 6.45) is 0.379. The predicted octanol–water partition coefficient (Wildman–Crippen LogP) is 1.29. The first kappa shape index (κ1) is 14.5. The average molecular weight is 265 g/mol. The third-order valence-corrected chi connectivity index (χ3v) is 3.47. The van der Waals surface area contributed by atoms with Crippen molar-refractivity contribution < 1.29 is 14.6 Å². The van der Waals surface area contributed by atoms with E-state index in [0.717, 1.165) is 6.42 Å². The molecule has 2 N–H and O–H groups in total. The first-order valence-electron chi connectivity index (χ1n) is 6.81. The summed E-state index contributed by atoms with van der Waals surface area (Å²) in [6.45, 7) is 3.91. The lowest BCUT2D eigenvalue weighted by atomic mass is 10.1. The number of nitrogens with one attached hydrogen (secondary N) is 1. The number of hydrogen-bond acceptors (Lipinski definition) is 4. The molecule has 0 saturated carbocycles. The largest absolute Gasteiger partial charge is 0.391 e. The van der Waals surface area contributed by atoms with E-state index in [0.29, 0.717) is 19.8 Å². The maximum Gasteiger partial charge on any atom is 0.0775 e. The van der Waals surface area contributed by atoms with E-state index in [4.69, 9.17) is 9.47 Å². The first-order chi connectivity index (χ1) is 9.22. The van der Waals surface area contributed by atoms with Crippen molar-refractivity contribution in [3.8, 4) is 0 Å². The summed E-state index contributed by atoms with van der Waals surface area (Å²) in [5.74, 6) is 0. The quantitative estimate of drug-likeness (QED) is 0.729. The van der Waals surface area contributed by atoms with Crippen LogP contribution in [0.3, 0.4) is 0 Å². The van der Waals surface area contributed by atoms with Gasteiger partial charge in [0.05, 0.1) is 32.0 Å². The van der Waals surface area contributed by atoms with Crippen LogP contribution in [0, 0.1) is 0 Å². The van der Waals surface area contributed by atoms with E-state index in [9.17, 15) is 5.11 Å². The molecule has 4 nitrogen and oxygen atoms in total. The summed E-state index contributed by atoms with van der Waals surface area (Å²) in [6, 6.07) is 8.41. The van der Waals surface area contributed by atoms with Crippen LogP contribution in [0.5, 0.6) is 0 Å². The molecule has 0 heterocycles. The van der Waals surface area contributed by atoms with Crippen LogP contribution < -0.4 is 5.32 Å². The van der Waals surface area contributed by atoms with Crippen molar-refractivity contribution >= 4 is 0 Å². The average Bonchev–Trinajstić information content (AvgIpc) is 2.72. The highest BCUT2D eigenvalue weighted by Crippen LogP contribution is 2.31. The highest BCUT2D eigenvalue weighted by atomic mass is 16.5. The summed E-state index contributed by atoms with van der Waals surface area (Å²) in [5, 5.41) is 13.6. The van der Waals surface area contributed by atoms with E-state index in [2.05, 4.69) is 24.4 Å². The van der Waals surface area contributed by atoms with Gasteiger partial charge in [0.2, 0.25) is 0 Å². The second-order valence-corrected chi connectivity index (χ2v) is 5.08. The number of aliphatic hydroxyl groups excluding tert-OH is 1. The SMILES string of the molecule is COCCOCC(C)NC1c2ccccc2CC1O. The Morgan fingerprint density at radius 1 is 1.37 bits per heavy atom. The van der Waals surface area contributed by atoms with Gasteiger partial charge in [-0.25, -0.2) is 0 Å². The van der Waals surface area contributed by atoms with Gasteiger partial charge in [-0.05, 0) is 18.1 Å². The zero-order chi connectivity index (χ0) is 13.7. The Kier molecular flexibility index (Phi) is 5.34. The molecule has 2 rings (SSSR count). The standard InChI is InChI=1S/C15H23NO3/c1-11(10-19-8-7-18-2)16-15-13-6-4-3-5-12(13)9-14(15)17/h3-6,11,14-17H,7-10H2,1-2H3. The van der Waals surface area contributed by atoms with Gasteiger partial charge in [-0.1, -0.05) is 24.3 Å². The van der Waals surface area contributed by atoms with Crippen molar-refractivity contribution in [3.63, 3.8) is 0 Å². The van der Waals surface area contributed by atoms with Crippen molar-refractivity contribution in [2.75, 3.05) is 26.9 Å². The number of benzene rings is 1. The van der Waals surface area contributed by atoms with Gasteiger partial charge in [0.25, 0.3) is 0 Å². The van der Waals surface area contributed by atoms with Gasteiger partial charge in [0.15, 0.2) is 0 Å². The first-order valence-corrected chi connectivity index (χ1v) is 6.81. The molecule has 0 spiro atoms. The van der Waals surface area contributed by atoms with Crippen molar-refractivity contribution in [2.24, 2.45) is 0 Å². The van der Waals surface area contributed by atoms with Gasteiger partial charge >= 0.3 is 0 Å². The molecule has 0 fully saturated rings. The maximum absolute atomic E-state index is 10.1. The molecule has 1 aliphatic rings. The Labute approximate surface area is 114 Å². The van der Waals surface area contributed by atoms with Crippen molar-refractivity contribution in [3.05, 3.63) is 35.4 Å². The molecule has 1 aromatic carbocycles. The lowest BCUT2D eigenvalue weighted by molar-refractivity contribution is 0.0538. The highest BCUT2D eigenvalue weighted by molar-refractivity contribution is 5.36. The molecule has 19 heavy (non-hydrogen) atoms. The molecule has 3 atom stereocenters. The van der Waals surface area contributed by atoms with Crippen LogP contribution in [-0.2, 0) is 15.9 Å². The summed E-state index contributed by atoms with van der Waals surface area (Å²) >= 11 is 0. The third kappa shape index (κ3) is 3.76. The second-order valence-electron chi connectivity index (χ2n) is 5.08. The molecular weight excluding hydrogens is 242 g/mol. The molecule has 0 aliphatic heterocycles. The summed E-state index contributed by atoms with van der Waals surface area (Å²) < 4.78 is 10.4. The smallest absolute Gasteiger partial charge is 0.0775 e. The van der Waals surface area contributed by atoms with Crippen LogP contribution in [0.2, 0.25) is 0 Å². The minimum Gasteiger partial charge on any atom is -0.391 e. The zero-order valence-electron chi connectivity index (χ0n) is 11.6. The van der Waals surface area contributed by atoms with Crippen molar-refractivity contribution in [1.82, 2.24) is 5.32 Å². The van der Waals surface area contributed by atoms with E-state index in [1.807, 2.05) is 12.1 Å². The molecule has 3 unspecified atom stereocenters. The fraction of sp³-hybridized carbons (Fsp3) is 0.600. The molecule has 1 aromatic rings. The molecule has 1 aliphatic carbocycles. The predicted molar refractivity (Wildman–Crippen MR) is 74.2 cm³/mol. The topological polar surface area (TPSA) is 50.7 Å². The van der Waals surface area contributed by atoms with Gasteiger partial charge in [0.1, 0.15) is 0 Å². The van der Waals surface area contributed by atoms with Gasteiger partial charge in [-0.15, -0.1) is 0 Å². The normalized spacial score (nSPS) is 23.3. The lowest BCUT2D eigenvalue weighted by Crippen LogP contribution is -2.38. The zero-order valence-corrected chi connectivity index (χ0v) is 11.6. The number of aliphatic hydroxyl groups is 1. The van der Waals surface area contributed by atoms with E-state index >= 15 is 0 Å². The fourth-order valence-corrected chi connectivity index (χ4v) is 2.53.